The van der Waals surface area contributed by atoms with Gasteiger partial charge in [-0.3, -0.25) is 5.01 Å². The summed E-state index contributed by atoms with van der Waals surface area (Å²) in [6, 6.07) is 5.79. The summed E-state index contributed by atoms with van der Waals surface area (Å²) >= 11 is 0. The maximum atomic E-state index is 9.70. The summed E-state index contributed by atoms with van der Waals surface area (Å²) < 4.78 is 17.0. The number of hydrogen-bond acceptors (Lipinski definition) is 6. The third kappa shape index (κ3) is 4.26. The lowest BCUT2D eigenvalue weighted by Crippen LogP contribution is -2.13. The van der Waals surface area contributed by atoms with E-state index in [1.165, 1.54) is 0 Å². The second-order valence-electron chi connectivity index (χ2n) is 7.06. The molecule has 0 spiro atoms. The number of phenolic OH excluding ortho intramolecular Hbond substituents is 1. The molecule has 4 atom stereocenters. The molecule has 1 saturated heterocycles. The molecule has 2 aliphatic heterocycles. The molecule has 28 heavy (non-hydrogen) atoms. The Morgan fingerprint density at radius 3 is 2.86 bits per heavy atom. The van der Waals surface area contributed by atoms with Crippen molar-refractivity contribution in [3.63, 3.8) is 0 Å². The highest BCUT2D eigenvalue weighted by Crippen LogP contribution is 2.50. The summed E-state index contributed by atoms with van der Waals surface area (Å²) in [7, 11) is 3.54. The summed E-state index contributed by atoms with van der Waals surface area (Å²) in [4.78, 5) is 0. The SMILES string of the molecule is CC.COc1cc(C2CCC(OCCC#CC34C=NN(C)C3C4)O2)ccc1O. The molecule has 0 aromatic heterocycles. The largest absolute Gasteiger partial charge is 0.504 e. The molecular formula is C22H30N2O4. The van der Waals surface area contributed by atoms with E-state index in [1.54, 1.807) is 13.2 Å². The average molecular weight is 386 g/mol. The van der Waals surface area contributed by atoms with Crippen LogP contribution >= 0.6 is 0 Å². The van der Waals surface area contributed by atoms with Gasteiger partial charge in [-0.15, -0.1) is 0 Å². The number of rotatable bonds is 5. The lowest BCUT2D eigenvalue weighted by atomic mass is 10.1. The van der Waals surface area contributed by atoms with E-state index >= 15 is 0 Å². The van der Waals surface area contributed by atoms with Crippen LogP contribution < -0.4 is 4.74 Å². The zero-order valence-electron chi connectivity index (χ0n) is 17.1. The lowest BCUT2D eigenvalue weighted by Gasteiger charge is -2.15. The van der Waals surface area contributed by atoms with Gasteiger partial charge in [0, 0.05) is 26.1 Å². The number of ether oxygens (including phenoxy) is 3. The van der Waals surface area contributed by atoms with Crippen molar-refractivity contribution in [2.45, 2.75) is 58.0 Å². The quantitative estimate of drug-likeness (QED) is 0.617. The average Bonchev–Trinajstić information content (AvgIpc) is 3.08. The zero-order chi connectivity index (χ0) is 20.1. The Morgan fingerprint density at radius 2 is 2.18 bits per heavy atom. The van der Waals surface area contributed by atoms with Crippen molar-refractivity contribution in [2.75, 3.05) is 20.8 Å². The first-order valence-electron chi connectivity index (χ1n) is 10.0. The summed E-state index contributed by atoms with van der Waals surface area (Å²) in [5, 5.41) is 16.0. The molecule has 1 aliphatic carbocycles. The van der Waals surface area contributed by atoms with E-state index in [1.807, 2.05) is 44.3 Å². The standard InChI is InChI=1S/C20H24N2O4.C2H6/c1-22-18-12-20(18,13-21-22)9-3-4-10-25-19-8-7-16(26-19)14-5-6-15(23)17(11-14)24-2;1-2/h5-6,11,13,16,18-19,23H,4,7-8,10,12H2,1-2H3;1-2H3. The second-order valence-corrected chi connectivity index (χ2v) is 7.06. The zero-order valence-corrected chi connectivity index (χ0v) is 17.1. The van der Waals surface area contributed by atoms with Gasteiger partial charge >= 0.3 is 0 Å². The summed E-state index contributed by atoms with van der Waals surface area (Å²) in [5.74, 6) is 7.16. The minimum absolute atomic E-state index is 0.00162. The van der Waals surface area contributed by atoms with Gasteiger partial charge in [0.15, 0.2) is 17.8 Å². The smallest absolute Gasteiger partial charge is 0.160 e. The second kappa shape index (κ2) is 8.85. The monoisotopic (exact) mass is 386 g/mol. The molecule has 1 aromatic rings. The van der Waals surface area contributed by atoms with Gasteiger partial charge in [-0.05, 0) is 30.5 Å². The van der Waals surface area contributed by atoms with Crippen LogP contribution in [0.2, 0.25) is 0 Å². The summed E-state index contributed by atoms with van der Waals surface area (Å²) in [6.07, 6.45) is 5.27. The predicted molar refractivity (Wildman–Crippen MR) is 108 cm³/mol. The van der Waals surface area contributed by atoms with Gasteiger partial charge in [-0.25, -0.2) is 0 Å². The molecule has 4 unspecified atom stereocenters. The fourth-order valence-electron chi connectivity index (χ4n) is 3.64. The maximum Gasteiger partial charge on any atom is 0.160 e. The van der Waals surface area contributed by atoms with Crippen LogP contribution in [0.4, 0.5) is 0 Å². The van der Waals surface area contributed by atoms with Gasteiger partial charge in [0.1, 0.15) is 0 Å². The molecule has 0 radical (unpaired) electrons. The van der Waals surface area contributed by atoms with Crippen LogP contribution in [0.3, 0.4) is 0 Å². The van der Waals surface area contributed by atoms with Gasteiger partial charge in [-0.2, -0.15) is 5.10 Å². The molecule has 152 valence electrons. The van der Waals surface area contributed by atoms with Crippen LogP contribution in [0.5, 0.6) is 11.5 Å². The molecule has 2 fully saturated rings. The molecule has 1 N–H and O–H groups in total. The van der Waals surface area contributed by atoms with Crippen LogP contribution in [0.15, 0.2) is 23.3 Å². The minimum Gasteiger partial charge on any atom is -0.504 e. The van der Waals surface area contributed by atoms with Crippen LogP contribution in [0.25, 0.3) is 0 Å². The Hall–Kier alpha value is -2.23. The highest BCUT2D eigenvalue weighted by atomic mass is 16.7. The van der Waals surface area contributed by atoms with Crippen LogP contribution in [-0.4, -0.2) is 49.4 Å². The Bertz CT molecular complexity index is 770. The van der Waals surface area contributed by atoms with Crippen molar-refractivity contribution in [3.05, 3.63) is 23.8 Å². The topological polar surface area (TPSA) is 63.5 Å². The van der Waals surface area contributed by atoms with Crippen molar-refractivity contribution in [2.24, 2.45) is 10.5 Å². The Labute approximate surface area is 167 Å². The molecule has 4 rings (SSSR count). The van der Waals surface area contributed by atoms with Gasteiger partial charge in [-0.1, -0.05) is 31.8 Å². The van der Waals surface area contributed by atoms with Crippen molar-refractivity contribution < 1.29 is 19.3 Å². The number of benzene rings is 1. The van der Waals surface area contributed by atoms with Gasteiger partial charge in [0.2, 0.25) is 0 Å². The number of aromatic hydroxyl groups is 1. The van der Waals surface area contributed by atoms with E-state index < -0.39 is 0 Å². The predicted octanol–water partition coefficient (Wildman–Crippen LogP) is 3.70. The number of nitrogens with zero attached hydrogens (tertiary/aromatic N) is 2. The molecule has 6 heteroatoms. The van der Waals surface area contributed by atoms with Crippen LogP contribution in [-0.2, 0) is 9.47 Å². The van der Waals surface area contributed by atoms with E-state index in [2.05, 4.69) is 16.9 Å². The van der Waals surface area contributed by atoms with Gasteiger partial charge in [0.25, 0.3) is 0 Å². The Kier molecular flexibility index (Phi) is 6.48. The normalized spacial score (nSPS) is 29.4. The van der Waals surface area contributed by atoms with Crippen molar-refractivity contribution in [1.29, 1.82) is 0 Å². The molecule has 1 aromatic carbocycles. The molecule has 2 heterocycles. The number of hydrazone groups is 1. The molecule has 6 nitrogen and oxygen atoms in total. The number of fused-ring (bicyclic) bond motifs is 1. The Balaban J connectivity index is 0.00000109. The summed E-state index contributed by atoms with van der Waals surface area (Å²) in [5.41, 5.74) is 0.996. The van der Waals surface area contributed by atoms with Crippen molar-refractivity contribution in [1.82, 2.24) is 5.01 Å². The first kappa shape index (κ1) is 20.5. The van der Waals surface area contributed by atoms with E-state index in [9.17, 15) is 5.11 Å². The fourth-order valence-corrected chi connectivity index (χ4v) is 3.64. The van der Waals surface area contributed by atoms with Gasteiger partial charge < -0.3 is 19.3 Å². The molecule has 3 aliphatic rings. The van der Waals surface area contributed by atoms with E-state index in [-0.39, 0.29) is 23.6 Å². The van der Waals surface area contributed by atoms with E-state index in [4.69, 9.17) is 14.2 Å². The number of hydrogen-bond donors (Lipinski definition) is 1. The third-order valence-corrected chi connectivity index (χ3v) is 5.30. The number of phenols is 1. The van der Waals surface area contributed by atoms with E-state index in [0.717, 1.165) is 24.8 Å². The van der Waals surface area contributed by atoms with Crippen molar-refractivity contribution >= 4 is 6.21 Å². The molecule has 0 bridgehead atoms. The van der Waals surface area contributed by atoms with E-state index in [0.29, 0.717) is 24.8 Å². The summed E-state index contributed by atoms with van der Waals surface area (Å²) in [6.45, 7) is 4.57. The lowest BCUT2D eigenvalue weighted by molar-refractivity contribution is -0.133. The van der Waals surface area contributed by atoms with Crippen LogP contribution in [0.1, 0.15) is 51.2 Å². The first-order valence-corrected chi connectivity index (χ1v) is 10.0. The number of methoxy groups -OCH3 is 1. The Morgan fingerprint density at radius 1 is 1.36 bits per heavy atom. The van der Waals surface area contributed by atoms with Gasteiger partial charge in [0.05, 0.1) is 31.3 Å². The highest BCUT2D eigenvalue weighted by molar-refractivity contribution is 5.78. The molecule has 1 saturated carbocycles. The molecule has 0 amide bonds. The third-order valence-electron chi connectivity index (χ3n) is 5.30. The highest BCUT2D eigenvalue weighted by Gasteiger charge is 2.58. The fraction of sp³-hybridized carbons (Fsp3) is 0.591. The molecular weight excluding hydrogens is 356 g/mol. The van der Waals surface area contributed by atoms with Crippen LogP contribution in [0, 0.1) is 17.3 Å². The minimum atomic E-state index is -0.201. The van der Waals surface area contributed by atoms with Crippen molar-refractivity contribution in [3.8, 4) is 23.3 Å². The first-order chi connectivity index (χ1) is 13.6. The maximum absolute atomic E-state index is 9.70.